The topological polar surface area (TPSA) is 318 Å². The Bertz CT molecular complexity index is 1700. The van der Waals surface area contributed by atoms with Crippen LogP contribution in [-0.2, 0) is 28.4 Å². The Morgan fingerprint density at radius 1 is 0.612 bits per heavy atom. The maximum Gasteiger partial charge on any atom is 0.187 e. The SMILES string of the molecule is C/C(=C/CC[C@](C)(O[C@@H]1O[C@H](CO)[C@@H](O)[C@H](O)[C@H]1O)[C@H]1CC[C@]2(C)[C@@H]1[C@H](O)C[C@@H]1[C@@]3(C)CC[C@H](O[C@@H]4O[C@H](CO)[C@@H](O)[C@H](O)[C@H]4O[C@@H]4O[C@H](CO)[C@@H](O)[C@H](O)[C@H]4O)C(C)(C)[C@@H]3CC[C@]12C)CO. The van der Waals surface area contributed by atoms with Crippen molar-refractivity contribution in [2.24, 2.45) is 45.3 Å². The first-order valence-electron chi connectivity index (χ1n) is 24.6. The number of hydrogen-bond acceptors (Lipinski definition) is 19. The van der Waals surface area contributed by atoms with E-state index in [9.17, 15) is 66.4 Å². The monoisotopic (exact) mass is 963 g/mol. The summed E-state index contributed by atoms with van der Waals surface area (Å²) in [6.45, 7) is 13.0. The molecule has 13 N–H and O–H groups in total. The van der Waals surface area contributed by atoms with Crippen molar-refractivity contribution in [3.05, 3.63) is 11.6 Å². The van der Waals surface area contributed by atoms with Crippen LogP contribution in [0.1, 0.15) is 106 Å². The smallest absolute Gasteiger partial charge is 0.187 e. The number of hydrogen-bond donors (Lipinski definition) is 13. The lowest BCUT2D eigenvalue weighted by molar-refractivity contribution is -0.378. The Hall–Kier alpha value is -1.02. The molecule has 0 aromatic carbocycles. The second-order valence-electron chi connectivity index (χ2n) is 22.8. The van der Waals surface area contributed by atoms with Crippen molar-refractivity contribution in [2.45, 2.75) is 216 Å². The Kier molecular flexibility index (Phi) is 16.1. The third kappa shape index (κ3) is 9.13. The van der Waals surface area contributed by atoms with Gasteiger partial charge in [-0.25, -0.2) is 0 Å². The van der Waals surface area contributed by atoms with E-state index in [1.165, 1.54) is 0 Å². The molecule has 0 amide bonds. The Labute approximate surface area is 393 Å². The molecule has 4 aliphatic carbocycles. The highest BCUT2D eigenvalue weighted by atomic mass is 16.8. The second-order valence-corrected chi connectivity index (χ2v) is 22.8. The molecule has 3 aliphatic heterocycles. The molecule has 388 valence electrons. The van der Waals surface area contributed by atoms with Crippen LogP contribution in [0.15, 0.2) is 11.6 Å². The van der Waals surface area contributed by atoms with Gasteiger partial charge in [0, 0.05) is 0 Å². The van der Waals surface area contributed by atoms with Gasteiger partial charge in [-0.15, -0.1) is 0 Å². The summed E-state index contributed by atoms with van der Waals surface area (Å²) >= 11 is 0. The van der Waals surface area contributed by atoms with Crippen LogP contribution in [0.4, 0.5) is 0 Å². The van der Waals surface area contributed by atoms with Crippen LogP contribution in [0, 0.1) is 45.3 Å². The van der Waals surface area contributed by atoms with Crippen molar-refractivity contribution in [1.82, 2.24) is 0 Å². The standard InChI is InChI=1S/C48H82O19/c1-22(18-49)9-8-13-48(7,67-42-39(61)36(58)33(55)26(20-51)63-42)23-10-15-47(6)31(23)24(53)17-29-45(4)14-12-30(44(2,3)28(45)11-16-46(29,47)5)65-43-40(37(59)34(56)27(21-52)64-43)66-41-38(60)35(57)32(54)25(19-50)62-41/h9,23-43,49-61H,8,10-21H2,1-7H3/b22-9-/t23-,24+,25+,26+,27+,28-,29+,30-,31-,32+,33+,34+,35-,36-,37-,38+,39+,40+,41-,42-,43-,45-,46+,47+,48-/m0/s1. The average Bonchev–Trinajstić information content (AvgIpc) is 3.68. The van der Waals surface area contributed by atoms with Gasteiger partial charge in [0.25, 0.3) is 0 Å². The summed E-state index contributed by atoms with van der Waals surface area (Å²) in [5.41, 5.74) is -1.68. The maximum atomic E-state index is 12.7. The third-order valence-electron chi connectivity index (χ3n) is 19.0. The minimum Gasteiger partial charge on any atom is -0.394 e. The lowest BCUT2D eigenvalue weighted by Gasteiger charge is -2.71. The van der Waals surface area contributed by atoms with Gasteiger partial charge in [0.05, 0.1) is 44.2 Å². The van der Waals surface area contributed by atoms with E-state index in [1.807, 2.05) is 19.9 Å². The number of ether oxygens (including phenoxy) is 6. The molecule has 0 aromatic heterocycles. The molecule has 25 atom stereocenters. The van der Waals surface area contributed by atoms with E-state index < -0.39 is 135 Å². The van der Waals surface area contributed by atoms with Gasteiger partial charge < -0.3 is 94.8 Å². The van der Waals surface area contributed by atoms with Crippen LogP contribution in [0.5, 0.6) is 0 Å². The van der Waals surface area contributed by atoms with Crippen LogP contribution in [-0.4, -0.2) is 203 Å². The Morgan fingerprint density at radius 2 is 1.15 bits per heavy atom. The Morgan fingerprint density at radius 3 is 1.73 bits per heavy atom. The number of aliphatic hydroxyl groups is 13. The zero-order valence-corrected chi connectivity index (χ0v) is 40.2. The molecule has 3 saturated heterocycles. The van der Waals surface area contributed by atoms with Gasteiger partial charge in [-0.3, -0.25) is 0 Å². The van der Waals surface area contributed by atoms with Crippen LogP contribution in [0.25, 0.3) is 0 Å². The van der Waals surface area contributed by atoms with E-state index in [-0.39, 0.29) is 46.5 Å². The highest BCUT2D eigenvalue weighted by Crippen LogP contribution is 2.76. The molecule has 0 aromatic rings. The predicted octanol–water partition coefficient (Wildman–Crippen LogP) is -1.05. The number of rotatable bonds is 14. The fourth-order valence-electron chi connectivity index (χ4n) is 14.9. The predicted molar refractivity (Wildman–Crippen MR) is 235 cm³/mol. The molecule has 0 bridgehead atoms. The molecule has 0 radical (unpaired) electrons. The van der Waals surface area contributed by atoms with E-state index in [4.69, 9.17) is 28.4 Å². The van der Waals surface area contributed by atoms with Gasteiger partial charge in [0.2, 0.25) is 0 Å². The normalized spacial score (nSPS) is 52.2. The van der Waals surface area contributed by atoms with Gasteiger partial charge >= 0.3 is 0 Å². The van der Waals surface area contributed by atoms with E-state index in [0.29, 0.717) is 38.5 Å². The highest BCUT2D eigenvalue weighted by molar-refractivity contribution is 5.20. The zero-order chi connectivity index (χ0) is 49.3. The molecule has 0 unspecified atom stereocenters. The average molecular weight is 963 g/mol. The largest absolute Gasteiger partial charge is 0.394 e. The lowest BCUT2D eigenvalue weighted by atomic mass is 9.35. The highest BCUT2D eigenvalue weighted by Gasteiger charge is 2.72. The third-order valence-corrected chi connectivity index (χ3v) is 19.0. The van der Waals surface area contributed by atoms with Crippen molar-refractivity contribution in [3.63, 3.8) is 0 Å². The van der Waals surface area contributed by atoms with Crippen LogP contribution in [0.2, 0.25) is 0 Å². The van der Waals surface area contributed by atoms with Crippen molar-refractivity contribution < 1.29 is 94.8 Å². The summed E-state index contributed by atoms with van der Waals surface area (Å²) in [6, 6.07) is 0. The van der Waals surface area contributed by atoms with E-state index >= 15 is 0 Å². The summed E-state index contributed by atoms with van der Waals surface area (Å²) in [5, 5.41) is 139. The molecule has 19 heteroatoms. The van der Waals surface area contributed by atoms with Crippen molar-refractivity contribution in [2.75, 3.05) is 26.4 Å². The van der Waals surface area contributed by atoms with Gasteiger partial charge in [-0.05, 0) is 117 Å². The van der Waals surface area contributed by atoms with Gasteiger partial charge in [0.15, 0.2) is 18.9 Å². The molecule has 0 spiro atoms. The van der Waals surface area contributed by atoms with E-state index in [1.54, 1.807) is 0 Å². The molecule has 3 heterocycles. The molecule has 7 fully saturated rings. The molecule has 19 nitrogen and oxygen atoms in total. The summed E-state index contributed by atoms with van der Waals surface area (Å²) in [7, 11) is 0. The van der Waals surface area contributed by atoms with Crippen molar-refractivity contribution in [3.8, 4) is 0 Å². The van der Waals surface area contributed by atoms with Crippen molar-refractivity contribution >= 4 is 0 Å². The molecular weight excluding hydrogens is 881 g/mol. The first kappa shape index (κ1) is 53.8. The zero-order valence-electron chi connectivity index (χ0n) is 40.2. The summed E-state index contributed by atoms with van der Waals surface area (Å²) in [5.74, 6) is -0.313. The lowest BCUT2D eigenvalue weighted by Crippen LogP contribution is -2.68. The van der Waals surface area contributed by atoms with Crippen LogP contribution < -0.4 is 0 Å². The van der Waals surface area contributed by atoms with Gasteiger partial charge in [0.1, 0.15) is 73.2 Å². The maximum absolute atomic E-state index is 12.7. The van der Waals surface area contributed by atoms with Gasteiger partial charge in [-0.2, -0.15) is 0 Å². The molecule has 4 saturated carbocycles. The molecule has 67 heavy (non-hydrogen) atoms. The van der Waals surface area contributed by atoms with E-state index in [0.717, 1.165) is 24.8 Å². The second kappa shape index (κ2) is 20.1. The number of fused-ring (bicyclic) bond motifs is 5. The minimum atomic E-state index is -1.80. The minimum absolute atomic E-state index is 0.0697. The number of aliphatic hydroxyl groups excluding tert-OH is 13. The molecule has 7 rings (SSSR count). The fraction of sp³-hybridized carbons (Fsp3) is 0.958. The van der Waals surface area contributed by atoms with Crippen LogP contribution in [0.3, 0.4) is 0 Å². The molecular formula is C48H82O19. The first-order chi connectivity index (χ1) is 31.4. The summed E-state index contributed by atoms with van der Waals surface area (Å²) < 4.78 is 37.1. The Balaban J connectivity index is 1.13. The quantitative estimate of drug-likeness (QED) is 0.0730. The number of allylic oxidation sites excluding steroid dienone is 1. The van der Waals surface area contributed by atoms with Crippen LogP contribution >= 0.6 is 0 Å². The van der Waals surface area contributed by atoms with Crippen molar-refractivity contribution in [1.29, 1.82) is 0 Å². The first-order valence-corrected chi connectivity index (χ1v) is 24.6. The summed E-state index contributed by atoms with van der Waals surface area (Å²) in [4.78, 5) is 0. The summed E-state index contributed by atoms with van der Waals surface area (Å²) in [6.07, 6.45) is -16.4. The van der Waals surface area contributed by atoms with E-state index in [2.05, 4.69) is 34.6 Å². The van der Waals surface area contributed by atoms with Gasteiger partial charge in [-0.1, -0.05) is 46.3 Å². The fourth-order valence-corrected chi connectivity index (χ4v) is 14.9. The molecule has 7 aliphatic rings.